The number of fused-ring (bicyclic) bond motifs is 1. The van der Waals surface area contributed by atoms with Crippen molar-refractivity contribution in [3.63, 3.8) is 0 Å². The molecule has 8 heteroatoms. The Morgan fingerprint density at radius 3 is 2.76 bits per heavy atom. The van der Waals surface area contributed by atoms with Crippen molar-refractivity contribution in [2.45, 2.75) is 24.5 Å². The molecule has 0 aliphatic carbocycles. The van der Waals surface area contributed by atoms with E-state index in [4.69, 9.17) is 0 Å². The molecule has 0 aliphatic rings. The van der Waals surface area contributed by atoms with E-state index in [0.717, 1.165) is 28.1 Å². The van der Waals surface area contributed by atoms with Gasteiger partial charge >= 0.3 is 5.97 Å². The van der Waals surface area contributed by atoms with E-state index in [1.165, 1.54) is 13.2 Å². The number of methoxy groups -OCH3 is 1. The molecule has 1 amide bonds. The number of thioether (sulfide) groups is 1. The maximum absolute atomic E-state index is 12.4. The Morgan fingerprint density at radius 1 is 1.21 bits per heavy atom. The fraction of sp³-hybridized carbons (Fsp3) is 0.238. The fourth-order valence-electron chi connectivity index (χ4n) is 2.99. The van der Waals surface area contributed by atoms with Crippen LogP contribution in [0.1, 0.15) is 24.2 Å². The Balaban J connectivity index is 1.64. The lowest BCUT2D eigenvalue weighted by molar-refractivity contribution is -0.139. The number of aromatic nitrogens is 2. The third-order valence-corrected chi connectivity index (χ3v) is 5.21. The van der Waals surface area contributed by atoms with E-state index in [1.54, 1.807) is 0 Å². The molecule has 0 bridgehead atoms. The average molecular weight is 411 g/mol. The van der Waals surface area contributed by atoms with Crippen molar-refractivity contribution in [2.75, 3.05) is 12.9 Å². The second-order valence-corrected chi connectivity index (χ2v) is 7.41. The summed E-state index contributed by atoms with van der Waals surface area (Å²) in [6.07, 6.45) is -0.0989. The average Bonchev–Trinajstić information content (AvgIpc) is 2.71. The van der Waals surface area contributed by atoms with Gasteiger partial charge in [0.1, 0.15) is 0 Å². The first-order chi connectivity index (χ1) is 14.0. The Bertz CT molecular complexity index is 1090. The van der Waals surface area contributed by atoms with Crippen LogP contribution in [-0.4, -0.2) is 34.7 Å². The molecule has 0 aliphatic heterocycles. The van der Waals surface area contributed by atoms with Gasteiger partial charge in [0, 0.05) is 6.07 Å². The van der Waals surface area contributed by atoms with Crippen molar-refractivity contribution in [1.82, 2.24) is 15.3 Å². The van der Waals surface area contributed by atoms with Gasteiger partial charge in [-0.15, -0.1) is 0 Å². The molecule has 2 N–H and O–H groups in total. The van der Waals surface area contributed by atoms with Crippen LogP contribution in [0.15, 0.2) is 58.5 Å². The van der Waals surface area contributed by atoms with Gasteiger partial charge in [-0.2, -0.15) is 0 Å². The Hall–Kier alpha value is -3.13. The zero-order valence-corrected chi connectivity index (χ0v) is 16.9. The van der Waals surface area contributed by atoms with Crippen LogP contribution in [0, 0.1) is 0 Å². The number of ether oxygens (including phenoxy) is 1. The number of carbonyl (C=O) groups is 2. The third kappa shape index (κ3) is 5.45. The molecule has 0 radical (unpaired) electrons. The number of rotatable bonds is 7. The van der Waals surface area contributed by atoms with Crippen LogP contribution in [0.25, 0.3) is 10.8 Å². The van der Waals surface area contributed by atoms with Gasteiger partial charge in [-0.25, -0.2) is 4.98 Å². The monoisotopic (exact) mass is 411 g/mol. The van der Waals surface area contributed by atoms with Gasteiger partial charge in [-0.05, 0) is 23.3 Å². The Kier molecular flexibility index (Phi) is 6.66. The van der Waals surface area contributed by atoms with E-state index in [1.807, 2.05) is 49.4 Å². The molecule has 0 saturated carbocycles. The highest BCUT2D eigenvalue weighted by atomic mass is 32.2. The molecule has 3 aromatic rings. The highest BCUT2D eigenvalue weighted by Gasteiger charge is 2.14. The van der Waals surface area contributed by atoms with Crippen LogP contribution >= 0.6 is 11.8 Å². The third-order valence-electron chi connectivity index (χ3n) is 4.33. The standard InChI is InChI=1S/C21H21N3O4S/c1-13(16-9-5-7-14-6-3-4-8-17(14)16)22-19(26)12-29-21-23-15(10-18(25)24-21)11-20(27)28-2/h3-10,13H,11-12H2,1-2H3,(H,22,26)(H,23,24,25)/t13-/m0/s1. The number of benzene rings is 2. The van der Waals surface area contributed by atoms with Crippen molar-refractivity contribution >= 4 is 34.4 Å². The zero-order chi connectivity index (χ0) is 20.8. The normalized spacial score (nSPS) is 11.8. The number of aromatic amines is 1. The maximum atomic E-state index is 12.4. The van der Waals surface area contributed by atoms with E-state index in [9.17, 15) is 14.4 Å². The van der Waals surface area contributed by atoms with Gasteiger partial charge in [-0.1, -0.05) is 54.2 Å². The first kappa shape index (κ1) is 20.6. The van der Waals surface area contributed by atoms with E-state index in [0.29, 0.717) is 5.69 Å². The lowest BCUT2D eigenvalue weighted by Gasteiger charge is -2.16. The summed E-state index contributed by atoms with van der Waals surface area (Å²) >= 11 is 1.10. The predicted octanol–water partition coefficient (Wildman–Crippen LogP) is 2.61. The molecule has 1 atom stereocenters. The molecule has 0 saturated heterocycles. The summed E-state index contributed by atoms with van der Waals surface area (Å²) in [7, 11) is 1.27. The van der Waals surface area contributed by atoms with Gasteiger partial charge in [0.05, 0.1) is 31.0 Å². The summed E-state index contributed by atoms with van der Waals surface area (Å²) in [5, 5.41) is 5.47. The van der Waals surface area contributed by atoms with Gasteiger partial charge < -0.3 is 15.0 Å². The Morgan fingerprint density at radius 2 is 1.97 bits per heavy atom. The van der Waals surface area contributed by atoms with Crippen LogP contribution in [0.2, 0.25) is 0 Å². The molecule has 3 rings (SSSR count). The second-order valence-electron chi connectivity index (χ2n) is 6.44. The van der Waals surface area contributed by atoms with Gasteiger partial charge in [-0.3, -0.25) is 14.4 Å². The SMILES string of the molecule is COC(=O)Cc1cc(=O)[nH]c(SCC(=O)N[C@@H](C)c2cccc3ccccc23)n1. The fourth-order valence-corrected chi connectivity index (χ4v) is 3.69. The molecule has 7 nitrogen and oxygen atoms in total. The topological polar surface area (TPSA) is 101 Å². The van der Waals surface area contributed by atoms with Crippen molar-refractivity contribution in [1.29, 1.82) is 0 Å². The molecule has 0 unspecified atom stereocenters. The lowest BCUT2D eigenvalue weighted by atomic mass is 10.00. The summed E-state index contributed by atoms with van der Waals surface area (Å²) < 4.78 is 4.59. The molecular formula is C21H21N3O4S. The van der Waals surface area contributed by atoms with Crippen LogP contribution in [0.5, 0.6) is 0 Å². The largest absolute Gasteiger partial charge is 0.469 e. The van der Waals surface area contributed by atoms with E-state index in [-0.39, 0.29) is 34.8 Å². The minimum atomic E-state index is -0.485. The lowest BCUT2D eigenvalue weighted by Crippen LogP contribution is -2.28. The van der Waals surface area contributed by atoms with Gasteiger partial charge in [0.15, 0.2) is 5.16 Å². The van der Waals surface area contributed by atoms with E-state index >= 15 is 0 Å². The minimum absolute atomic E-state index is 0.0831. The summed E-state index contributed by atoms with van der Waals surface area (Å²) in [6.45, 7) is 1.93. The quantitative estimate of drug-likeness (QED) is 0.352. The van der Waals surface area contributed by atoms with Gasteiger partial charge in [0.25, 0.3) is 5.56 Å². The van der Waals surface area contributed by atoms with Crippen LogP contribution in [0.4, 0.5) is 0 Å². The van der Waals surface area contributed by atoms with Crippen LogP contribution in [0.3, 0.4) is 0 Å². The first-order valence-corrected chi connectivity index (χ1v) is 10.0. The van der Waals surface area contributed by atoms with E-state index in [2.05, 4.69) is 20.0 Å². The molecular weight excluding hydrogens is 390 g/mol. The molecule has 1 heterocycles. The number of hydrogen-bond donors (Lipinski definition) is 2. The number of H-pyrrole nitrogens is 1. The number of hydrogen-bond acceptors (Lipinski definition) is 6. The number of esters is 1. The maximum Gasteiger partial charge on any atom is 0.311 e. The van der Waals surface area contributed by atoms with Crippen molar-refractivity contribution in [3.05, 3.63) is 70.1 Å². The smallest absolute Gasteiger partial charge is 0.311 e. The number of amides is 1. The van der Waals surface area contributed by atoms with Crippen LogP contribution in [-0.2, 0) is 20.7 Å². The summed E-state index contributed by atoms with van der Waals surface area (Å²) in [5.41, 5.74) is 0.951. The number of nitrogens with zero attached hydrogens (tertiary/aromatic N) is 1. The predicted molar refractivity (Wildman–Crippen MR) is 112 cm³/mol. The highest BCUT2D eigenvalue weighted by Crippen LogP contribution is 2.24. The van der Waals surface area contributed by atoms with E-state index < -0.39 is 5.97 Å². The molecule has 1 aromatic heterocycles. The first-order valence-electron chi connectivity index (χ1n) is 9.03. The molecule has 2 aromatic carbocycles. The molecule has 29 heavy (non-hydrogen) atoms. The summed E-state index contributed by atoms with van der Waals surface area (Å²) in [4.78, 5) is 42.3. The molecule has 0 fully saturated rings. The highest BCUT2D eigenvalue weighted by molar-refractivity contribution is 7.99. The second kappa shape index (κ2) is 9.38. The number of carbonyl (C=O) groups excluding carboxylic acids is 2. The Labute approximate surface area is 171 Å². The molecule has 150 valence electrons. The molecule has 0 spiro atoms. The van der Waals surface area contributed by atoms with Gasteiger partial charge in [0.2, 0.25) is 5.91 Å². The number of nitrogens with one attached hydrogen (secondary N) is 2. The van der Waals surface area contributed by atoms with Crippen molar-refractivity contribution in [3.8, 4) is 0 Å². The summed E-state index contributed by atoms with van der Waals surface area (Å²) in [6, 6.07) is 15.1. The van der Waals surface area contributed by atoms with Crippen molar-refractivity contribution in [2.24, 2.45) is 0 Å². The van der Waals surface area contributed by atoms with Crippen LogP contribution < -0.4 is 10.9 Å². The summed E-state index contributed by atoms with van der Waals surface area (Å²) in [5.74, 6) is -0.586. The van der Waals surface area contributed by atoms with Crippen molar-refractivity contribution < 1.29 is 14.3 Å². The zero-order valence-electron chi connectivity index (χ0n) is 16.1. The minimum Gasteiger partial charge on any atom is -0.469 e.